The molecule has 30 heavy (non-hydrogen) atoms. The van der Waals surface area contributed by atoms with Crippen LogP contribution >= 0.6 is 11.6 Å². The van der Waals surface area contributed by atoms with E-state index in [-0.39, 0.29) is 12.5 Å². The first-order valence-corrected chi connectivity index (χ1v) is 9.78. The van der Waals surface area contributed by atoms with Crippen LogP contribution in [0.3, 0.4) is 0 Å². The zero-order valence-corrected chi connectivity index (χ0v) is 16.8. The second kappa shape index (κ2) is 7.27. The van der Waals surface area contributed by atoms with Gasteiger partial charge in [-0.05, 0) is 43.3 Å². The van der Waals surface area contributed by atoms with Gasteiger partial charge in [0.2, 0.25) is 5.91 Å². The number of aryl methyl sites for hydroxylation is 1. The maximum absolute atomic E-state index is 12.6. The Hall–Kier alpha value is -3.71. The van der Waals surface area contributed by atoms with Crippen LogP contribution in [-0.2, 0) is 11.3 Å². The number of benzene rings is 2. The molecule has 0 aliphatic rings. The molecule has 0 atom stereocenters. The summed E-state index contributed by atoms with van der Waals surface area (Å²) < 4.78 is 3.50. The van der Waals surface area contributed by atoms with Crippen molar-refractivity contribution in [2.45, 2.75) is 13.5 Å². The maximum atomic E-state index is 12.6. The Morgan fingerprint density at radius 1 is 1.07 bits per heavy atom. The standard InChI is InChI=1S/C22H17ClN6O/c1-14-20-21-15(11-24-22(20)29(27-14)18-5-3-2-4-6-18)12-25-28(21)13-19(30)26-17-9-7-16(23)8-10-17/h2-12H,13H2,1H3,(H,26,30). The van der Waals surface area contributed by atoms with Crippen LogP contribution in [0.15, 0.2) is 67.0 Å². The molecule has 0 fully saturated rings. The first-order valence-electron chi connectivity index (χ1n) is 9.41. The number of carbonyl (C=O) groups is 1. The van der Waals surface area contributed by atoms with Gasteiger partial charge >= 0.3 is 0 Å². The maximum Gasteiger partial charge on any atom is 0.246 e. The number of hydrogen-bond acceptors (Lipinski definition) is 4. The van der Waals surface area contributed by atoms with Crippen molar-refractivity contribution in [1.29, 1.82) is 0 Å². The van der Waals surface area contributed by atoms with Gasteiger partial charge in [-0.2, -0.15) is 10.2 Å². The van der Waals surface area contributed by atoms with Crippen LogP contribution in [0.2, 0.25) is 5.02 Å². The third-order valence-electron chi connectivity index (χ3n) is 4.89. The van der Waals surface area contributed by atoms with Crippen molar-refractivity contribution in [3.05, 3.63) is 77.7 Å². The van der Waals surface area contributed by atoms with E-state index in [0.717, 1.165) is 33.3 Å². The van der Waals surface area contributed by atoms with Crippen LogP contribution in [0.4, 0.5) is 5.69 Å². The molecule has 0 saturated heterocycles. The SMILES string of the molecule is Cc1nn(-c2ccccc2)c2ncc3cnn(CC(=O)Nc4ccc(Cl)cc4)c3c12. The third-order valence-corrected chi connectivity index (χ3v) is 5.14. The molecule has 0 aliphatic carbocycles. The summed E-state index contributed by atoms with van der Waals surface area (Å²) in [6.45, 7) is 2.01. The Kier molecular flexibility index (Phi) is 4.44. The van der Waals surface area contributed by atoms with Gasteiger partial charge in [-0.3, -0.25) is 9.48 Å². The van der Waals surface area contributed by atoms with Crippen molar-refractivity contribution in [2.24, 2.45) is 0 Å². The Balaban J connectivity index is 1.55. The van der Waals surface area contributed by atoms with E-state index >= 15 is 0 Å². The van der Waals surface area contributed by atoms with Crippen molar-refractivity contribution in [2.75, 3.05) is 5.32 Å². The molecule has 8 heteroatoms. The van der Waals surface area contributed by atoms with E-state index < -0.39 is 0 Å². The van der Waals surface area contributed by atoms with Crippen LogP contribution < -0.4 is 5.32 Å². The molecule has 7 nitrogen and oxygen atoms in total. The minimum atomic E-state index is -0.180. The number of carbonyl (C=O) groups excluding carboxylic acids is 1. The Morgan fingerprint density at radius 3 is 2.60 bits per heavy atom. The second-order valence-electron chi connectivity index (χ2n) is 6.95. The number of nitrogens with one attached hydrogen (secondary N) is 1. The van der Waals surface area contributed by atoms with Gasteiger partial charge < -0.3 is 5.32 Å². The predicted octanol–water partition coefficient (Wildman–Crippen LogP) is 4.37. The van der Waals surface area contributed by atoms with Gasteiger partial charge in [0.1, 0.15) is 6.54 Å². The van der Waals surface area contributed by atoms with E-state index in [9.17, 15) is 4.79 Å². The topological polar surface area (TPSA) is 77.6 Å². The van der Waals surface area contributed by atoms with Crippen LogP contribution in [0, 0.1) is 6.92 Å². The number of anilines is 1. The lowest BCUT2D eigenvalue weighted by molar-refractivity contribution is -0.116. The number of pyridine rings is 1. The summed E-state index contributed by atoms with van der Waals surface area (Å²) in [5.74, 6) is -0.180. The Labute approximate surface area is 176 Å². The zero-order chi connectivity index (χ0) is 20.7. The molecule has 5 rings (SSSR count). The summed E-state index contributed by atoms with van der Waals surface area (Å²) in [7, 11) is 0. The molecule has 3 aromatic heterocycles. The molecular formula is C22H17ClN6O. The van der Waals surface area contributed by atoms with Crippen molar-refractivity contribution in [3.8, 4) is 5.69 Å². The minimum Gasteiger partial charge on any atom is -0.324 e. The van der Waals surface area contributed by atoms with E-state index in [2.05, 4.69) is 20.5 Å². The minimum absolute atomic E-state index is 0.0706. The number of amides is 1. The van der Waals surface area contributed by atoms with Gasteiger partial charge in [0, 0.05) is 22.3 Å². The summed E-state index contributed by atoms with van der Waals surface area (Å²) in [6, 6.07) is 16.8. The number of para-hydroxylation sites is 1. The summed E-state index contributed by atoms with van der Waals surface area (Å²) in [6.07, 6.45) is 3.48. The first-order chi connectivity index (χ1) is 14.6. The molecule has 0 unspecified atom stereocenters. The lowest BCUT2D eigenvalue weighted by atomic mass is 10.2. The van der Waals surface area contributed by atoms with E-state index in [0.29, 0.717) is 10.7 Å². The quantitative estimate of drug-likeness (QED) is 0.472. The normalized spacial score (nSPS) is 11.3. The average molecular weight is 417 g/mol. The van der Waals surface area contributed by atoms with Crippen molar-refractivity contribution < 1.29 is 4.79 Å². The van der Waals surface area contributed by atoms with E-state index in [1.807, 2.05) is 41.9 Å². The van der Waals surface area contributed by atoms with Crippen LogP contribution in [-0.4, -0.2) is 30.5 Å². The molecule has 0 bridgehead atoms. The van der Waals surface area contributed by atoms with Gasteiger partial charge in [0.05, 0.1) is 28.5 Å². The molecule has 148 valence electrons. The average Bonchev–Trinajstić information content (AvgIpc) is 3.31. The number of rotatable bonds is 4. The largest absolute Gasteiger partial charge is 0.324 e. The fourth-order valence-electron chi connectivity index (χ4n) is 3.55. The monoisotopic (exact) mass is 416 g/mol. The number of fused-ring (bicyclic) bond motifs is 3. The number of aromatic nitrogens is 5. The molecule has 5 aromatic rings. The molecule has 0 spiro atoms. The fourth-order valence-corrected chi connectivity index (χ4v) is 3.67. The van der Waals surface area contributed by atoms with Crippen molar-refractivity contribution in [1.82, 2.24) is 24.5 Å². The van der Waals surface area contributed by atoms with E-state index in [1.54, 1.807) is 41.3 Å². The highest BCUT2D eigenvalue weighted by atomic mass is 35.5. The number of hydrogen-bond donors (Lipinski definition) is 1. The predicted molar refractivity (Wildman–Crippen MR) is 117 cm³/mol. The van der Waals surface area contributed by atoms with Gasteiger partial charge in [0.15, 0.2) is 5.65 Å². The first kappa shape index (κ1) is 18.3. The molecule has 1 N–H and O–H groups in total. The number of nitrogens with zero attached hydrogens (tertiary/aromatic N) is 5. The summed E-state index contributed by atoms with van der Waals surface area (Å²) in [5, 5.41) is 14.3. The highest BCUT2D eigenvalue weighted by Gasteiger charge is 2.18. The molecule has 3 heterocycles. The molecule has 2 aromatic carbocycles. The van der Waals surface area contributed by atoms with Crippen molar-refractivity contribution >= 4 is 45.1 Å². The fraction of sp³-hybridized carbons (Fsp3) is 0.0909. The van der Waals surface area contributed by atoms with Gasteiger partial charge in [-0.15, -0.1) is 0 Å². The molecular weight excluding hydrogens is 400 g/mol. The summed E-state index contributed by atoms with van der Waals surface area (Å²) >= 11 is 5.90. The van der Waals surface area contributed by atoms with E-state index in [1.165, 1.54) is 0 Å². The second-order valence-corrected chi connectivity index (χ2v) is 7.39. The van der Waals surface area contributed by atoms with Crippen LogP contribution in [0.1, 0.15) is 5.69 Å². The smallest absolute Gasteiger partial charge is 0.246 e. The lowest BCUT2D eigenvalue weighted by Gasteiger charge is -2.07. The highest BCUT2D eigenvalue weighted by Crippen LogP contribution is 2.28. The van der Waals surface area contributed by atoms with E-state index in [4.69, 9.17) is 11.6 Å². The highest BCUT2D eigenvalue weighted by molar-refractivity contribution is 6.30. The van der Waals surface area contributed by atoms with Crippen LogP contribution in [0.5, 0.6) is 0 Å². The Bertz CT molecular complexity index is 1370. The van der Waals surface area contributed by atoms with Gasteiger partial charge in [-0.1, -0.05) is 29.8 Å². The third kappa shape index (κ3) is 3.19. The Morgan fingerprint density at radius 2 is 1.83 bits per heavy atom. The zero-order valence-electron chi connectivity index (χ0n) is 16.1. The van der Waals surface area contributed by atoms with Gasteiger partial charge in [0.25, 0.3) is 0 Å². The molecule has 0 saturated carbocycles. The summed E-state index contributed by atoms with van der Waals surface area (Å²) in [4.78, 5) is 17.2. The number of halogens is 1. The molecule has 1 amide bonds. The van der Waals surface area contributed by atoms with Crippen molar-refractivity contribution in [3.63, 3.8) is 0 Å². The lowest BCUT2D eigenvalue weighted by Crippen LogP contribution is -2.19. The van der Waals surface area contributed by atoms with Gasteiger partial charge in [-0.25, -0.2) is 9.67 Å². The van der Waals surface area contributed by atoms with Crippen LogP contribution in [0.25, 0.3) is 27.6 Å². The molecule has 0 aliphatic heterocycles. The summed E-state index contributed by atoms with van der Waals surface area (Å²) in [5.41, 5.74) is 4.00. The molecule has 0 radical (unpaired) electrons.